The number of hydrogen-bond acceptors (Lipinski definition) is 5. The smallest absolute Gasteiger partial charge is 0.255 e. The van der Waals surface area contributed by atoms with E-state index >= 15 is 0 Å². The first kappa shape index (κ1) is 19.4. The molecular formula is C25H15FN4O2. The minimum atomic E-state index is -0.508. The number of nitriles is 1. The molecule has 0 saturated heterocycles. The Kier molecular flexibility index (Phi) is 4.61. The van der Waals surface area contributed by atoms with E-state index in [1.165, 1.54) is 29.9 Å². The first-order valence-electron chi connectivity index (χ1n) is 9.74. The third-order valence-corrected chi connectivity index (χ3v) is 5.32. The molecule has 0 fully saturated rings. The van der Waals surface area contributed by atoms with E-state index in [9.17, 15) is 9.18 Å². The second-order valence-corrected chi connectivity index (χ2v) is 7.16. The Bertz CT molecular complexity index is 1600. The summed E-state index contributed by atoms with van der Waals surface area (Å²) in [6.45, 7) is 0. The van der Waals surface area contributed by atoms with Gasteiger partial charge in [0.05, 0.1) is 23.8 Å². The van der Waals surface area contributed by atoms with Crippen LogP contribution in [0.25, 0.3) is 38.6 Å². The minimum absolute atomic E-state index is 0.0501. The van der Waals surface area contributed by atoms with E-state index in [0.29, 0.717) is 22.4 Å². The number of pyridine rings is 3. The summed E-state index contributed by atoms with van der Waals surface area (Å²) in [5.41, 5.74) is 3.61. The maximum absolute atomic E-state index is 14.0. The van der Waals surface area contributed by atoms with Gasteiger partial charge in [-0.05, 0) is 48.0 Å². The molecule has 32 heavy (non-hydrogen) atoms. The lowest BCUT2D eigenvalue weighted by atomic mass is 10.0. The van der Waals surface area contributed by atoms with E-state index in [1.54, 1.807) is 30.6 Å². The average molecular weight is 422 g/mol. The number of benzene rings is 2. The van der Waals surface area contributed by atoms with Gasteiger partial charge < -0.3 is 4.74 Å². The molecule has 0 amide bonds. The van der Waals surface area contributed by atoms with E-state index in [2.05, 4.69) is 9.97 Å². The van der Waals surface area contributed by atoms with Crippen molar-refractivity contribution in [2.75, 3.05) is 7.11 Å². The Morgan fingerprint density at radius 2 is 1.81 bits per heavy atom. The minimum Gasteiger partial charge on any atom is -0.494 e. The second kappa shape index (κ2) is 7.60. The fourth-order valence-corrected chi connectivity index (χ4v) is 3.77. The highest BCUT2D eigenvalue weighted by Gasteiger charge is 2.13. The molecule has 0 radical (unpaired) electrons. The van der Waals surface area contributed by atoms with Gasteiger partial charge in [0.1, 0.15) is 11.8 Å². The zero-order chi connectivity index (χ0) is 22.2. The van der Waals surface area contributed by atoms with Gasteiger partial charge in [-0.1, -0.05) is 6.07 Å². The number of fused-ring (bicyclic) bond motifs is 3. The van der Waals surface area contributed by atoms with Gasteiger partial charge in [0.25, 0.3) is 5.56 Å². The molecule has 3 aromatic heterocycles. The number of nitrogens with zero attached hydrogens (tertiary/aromatic N) is 4. The van der Waals surface area contributed by atoms with Crippen molar-refractivity contribution in [1.29, 1.82) is 5.26 Å². The van der Waals surface area contributed by atoms with Crippen molar-refractivity contribution in [3.8, 4) is 28.6 Å². The van der Waals surface area contributed by atoms with Gasteiger partial charge in [0, 0.05) is 40.9 Å². The molecule has 0 atom stereocenters. The SMILES string of the molecule is COc1cc(-n2c(=O)ccc3cnc4ccc(-c5ccc(C#N)nc5)cc4c32)ccc1F. The highest BCUT2D eigenvalue weighted by molar-refractivity contribution is 6.05. The standard InChI is InChI=1S/C25H15FN4O2/c1-32-23-11-19(6-7-21(23)26)30-24(31)9-4-17-14-29-22-8-3-15(10-20(22)25(17)30)16-2-5-18(12-27)28-13-16/h2-11,13-14H,1H3. The Morgan fingerprint density at radius 3 is 2.56 bits per heavy atom. The first-order valence-corrected chi connectivity index (χ1v) is 9.74. The second-order valence-electron chi connectivity index (χ2n) is 7.16. The van der Waals surface area contributed by atoms with E-state index in [0.717, 1.165) is 21.9 Å². The Morgan fingerprint density at radius 1 is 0.969 bits per heavy atom. The Hall–Kier alpha value is -4.57. The molecule has 7 heteroatoms. The van der Waals surface area contributed by atoms with Crippen molar-refractivity contribution in [2.45, 2.75) is 0 Å². The maximum Gasteiger partial charge on any atom is 0.255 e. The summed E-state index contributed by atoms with van der Waals surface area (Å²) in [5, 5.41) is 10.5. The molecular weight excluding hydrogens is 407 g/mol. The average Bonchev–Trinajstić information content (AvgIpc) is 2.84. The van der Waals surface area contributed by atoms with Gasteiger partial charge in [-0.15, -0.1) is 0 Å². The zero-order valence-corrected chi connectivity index (χ0v) is 16.9. The number of rotatable bonds is 3. The van der Waals surface area contributed by atoms with Gasteiger partial charge >= 0.3 is 0 Å². The van der Waals surface area contributed by atoms with Crippen molar-refractivity contribution in [2.24, 2.45) is 0 Å². The van der Waals surface area contributed by atoms with Crippen molar-refractivity contribution in [3.63, 3.8) is 0 Å². The third-order valence-electron chi connectivity index (χ3n) is 5.32. The third kappa shape index (κ3) is 3.15. The summed E-state index contributed by atoms with van der Waals surface area (Å²) in [7, 11) is 1.38. The van der Waals surface area contributed by atoms with Gasteiger partial charge in [-0.2, -0.15) is 5.26 Å². The molecule has 154 valence electrons. The molecule has 0 spiro atoms. The van der Waals surface area contributed by atoms with Crippen LogP contribution in [0.1, 0.15) is 5.69 Å². The van der Waals surface area contributed by atoms with Crippen molar-refractivity contribution < 1.29 is 9.13 Å². The van der Waals surface area contributed by atoms with Gasteiger partial charge in [0.15, 0.2) is 11.6 Å². The molecule has 0 aliphatic carbocycles. The molecule has 0 saturated carbocycles. The van der Waals surface area contributed by atoms with Crippen LogP contribution in [0.4, 0.5) is 4.39 Å². The van der Waals surface area contributed by atoms with Crippen LogP contribution in [-0.4, -0.2) is 21.6 Å². The fourth-order valence-electron chi connectivity index (χ4n) is 3.77. The van der Waals surface area contributed by atoms with Crippen LogP contribution in [0.5, 0.6) is 5.75 Å². The quantitative estimate of drug-likeness (QED) is 0.396. The van der Waals surface area contributed by atoms with Crippen LogP contribution >= 0.6 is 0 Å². The van der Waals surface area contributed by atoms with Crippen LogP contribution in [0, 0.1) is 17.1 Å². The lowest BCUT2D eigenvalue weighted by molar-refractivity contribution is 0.386. The topological polar surface area (TPSA) is 80.8 Å². The van der Waals surface area contributed by atoms with Gasteiger partial charge in [0.2, 0.25) is 0 Å². The maximum atomic E-state index is 14.0. The molecule has 3 heterocycles. The highest BCUT2D eigenvalue weighted by Crippen LogP contribution is 2.30. The molecule has 0 aliphatic rings. The van der Waals surface area contributed by atoms with Crippen LogP contribution in [0.15, 0.2) is 77.9 Å². The molecule has 5 rings (SSSR count). The Balaban J connectivity index is 1.83. The van der Waals surface area contributed by atoms with Crippen LogP contribution in [-0.2, 0) is 0 Å². The predicted molar refractivity (Wildman–Crippen MR) is 119 cm³/mol. The largest absolute Gasteiger partial charge is 0.494 e. The Labute approximate surface area is 181 Å². The van der Waals surface area contributed by atoms with Crippen molar-refractivity contribution in [1.82, 2.24) is 14.5 Å². The number of ether oxygens (including phenoxy) is 1. The highest BCUT2D eigenvalue weighted by atomic mass is 19.1. The lowest BCUT2D eigenvalue weighted by Gasteiger charge is -2.14. The number of halogens is 1. The first-order chi connectivity index (χ1) is 15.6. The van der Waals surface area contributed by atoms with Gasteiger partial charge in [-0.25, -0.2) is 9.37 Å². The molecule has 0 bridgehead atoms. The lowest BCUT2D eigenvalue weighted by Crippen LogP contribution is -2.18. The van der Waals surface area contributed by atoms with Gasteiger partial charge in [-0.3, -0.25) is 14.3 Å². The molecule has 0 aliphatic heterocycles. The zero-order valence-electron chi connectivity index (χ0n) is 16.9. The number of methoxy groups -OCH3 is 1. The molecule has 0 unspecified atom stereocenters. The van der Waals surface area contributed by atoms with Crippen LogP contribution < -0.4 is 10.3 Å². The van der Waals surface area contributed by atoms with Crippen LogP contribution in [0.2, 0.25) is 0 Å². The fraction of sp³-hybridized carbons (Fsp3) is 0.0400. The normalized spacial score (nSPS) is 10.9. The number of hydrogen-bond donors (Lipinski definition) is 0. The summed E-state index contributed by atoms with van der Waals surface area (Å²) < 4.78 is 20.6. The number of aromatic nitrogens is 3. The summed E-state index contributed by atoms with van der Waals surface area (Å²) >= 11 is 0. The van der Waals surface area contributed by atoms with E-state index in [-0.39, 0.29) is 11.3 Å². The molecule has 5 aromatic rings. The molecule has 2 aromatic carbocycles. The summed E-state index contributed by atoms with van der Waals surface area (Å²) in [6.07, 6.45) is 3.34. The summed E-state index contributed by atoms with van der Waals surface area (Å²) in [5.74, 6) is -0.458. The van der Waals surface area contributed by atoms with E-state index in [1.807, 2.05) is 30.3 Å². The van der Waals surface area contributed by atoms with Crippen molar-refractivity contribution >= 4 is 21.8 Å². The van der Waals surface area contributed by atoms with Crippen LogP contribution in [0.3, 0.4) is 0 Å². The summed E-state index contributed by atoms with van der Waals surface area (Å²) in [4.78, 5) is 21.6. The van der Waals surface area contributed by atoms with E-state index in [4.69, 9.17) is 10.00 Å². The molecule has 0 N–H and O–H groups in total. The molecule has 6 nitrogen and oxygen atoms in total. The summed E-state index contributed by atoms with van der Waals surface area (Å²) in [6, 6.07) is 18.7. The van der Waals surface area contributed by atoms with Crippen molar-refractivity contribution in [3.05, 3.63) is 94.9 Å². The monoisotopic (exact) mass is 422 g/mol. The predicted octanol–water partition coefficient (Wildman–Crippen LogP) is 4.62. The van der Waals surface area contributed by atoms with E-state index < -0.39 is 5.82 Å².